The minimum Gasteiger partial charge on any atom is -0.333 e. The predicted octanol–water partition coefficient (Wildman–Crippen LogP) is 4.74. The Morgan fingerprint density at radius 1 is 1.07 bits per heavy atom. The van der Waals surface area contributed by atoms with Crippen LogP contribution in [0.1, 0.15) is 5.56 Å². The van der Waals surface area contributed by atoms with E-state index in [2.05, 4.69) is 10.1 Å². The number of hydrogen-bond acceptors (Lipinski definition) is 6. The Bertz CT molecular complexity index is 1260. The minimum absolute atomic E-state index is 0.0503. The van der Waals surface area contributed by atoms with E-state index in [1.165, 1.54) is 48.7 Å². The first-order valence-electron chi connectivity index (χ1n) is 8.60. The second-order valence-electron chi connectivity index (χ2n) is 6.30. The molecule has 0 saturated heterocycles. The van der Waals surface area contributed by atoms with Gasteiger partial charge in [0.05, 0.1) is 5.69 Å². The number of halogens is 1. The number of anilines is 1. The Kier molecular flexibility index (Phi) is 4.93. The van der Waals surface area contributed by atoms with Crippen LogP contribution in [0.15, 0.2) is 69.4 Å². The summed E-state index contributed by atoms with van der Waals surface area (Å²) in [4.78, 5) is 4.81. The molecule has 0 aliphatic heterocycles. The molecule has 0 N–H and O–H groups in total. The van der Waals surface area contributed by atoms with Crippen molar-refractivity contribution in [2.45, 2.75) is 11.8 Å². The van der Waals surface area contributed by atoms with Crippen LogP contribution in [0, 0.1) is 12.7 Å². The van der Waals surface area contributed by atoms with E-state index in [0.717, 1.165) is 15.4 Å². The van der Waals surface area contributed by atoms with Crippen LogP contribution >= 0.6 is 11.3 Å². The number of thiophene rings is 1. The van der Waals surface area contributed by atoms with Gasteiger partial charge < -0.3 is 4.52 Å². The molecule has 0 radical (unpaired) electrons. The van der Waals surface area contributed by atoms with Crippen molar-refractivity contribution in [3.63, 3.8) is 0 Å². The normalized spacial score (nSPS) is 11.6. The molecule has 0 fully saturated rings. The first kappa shape index (κ1) is 19.3. The highest BCUT2D eigenvalue weighted by molar-refractivity contribution is 7.93. The molecule has 0 aliphatic rings. The van der Waals surface area contributed by atoms with Gasteiger partial charge in [-0.05, 0) is 48.2 Å². The van der Waals surface area contributed by atoms with Crippen LogP contribution in [0.5, 0.6) is 0 Å². The van der Waals surface area contributed by atoms with E-state index in [9.17, 15) is 12.8 Å². The van der Waals surface area contributed by atoms with Gasteiger partial charge in [-0.15, -0.1) is 11.3 Å². The van der Waals surface area contributed by atoms with Gasteiger partial charge in [0.25, 0.3) is 15.9 Å². The van der Waals surface area contributed by atoms with Crippen LogP contribution in [0.2, 0.25) is 0 Å². The summed E-state index contributed by atoms with van der Waals surface area (Å²) in [5.41, 5.74) is 2.14. The van der Waals surface area contributed by atoms with E-state index in [4.69, 9.17) is 4.52 Å². The summed E-state index contributed by atoms with van der Waals surface area (Å²) in [6.45, 7) is 1.93. The molecule has 0 saturated carbocycles. The molecule has 2 heterocycles. The molecule has 0 aliphatic carbocycles. The Balaban J connectivity index is 1.72. The van der Waals surface area contributed by atoms with Gasteiger partial charge in [0.15, 0.2) is 0 Å². The second kappa shape index (κ2) is 7.41. The topological polar surface area (TPSA) is 76.3 Å². The third kappa shape index (κ3) is 3.54. The maximum absolute atomic E-state index is 13.2. The molecule has 2 aromatic heterocycles. The molecule has 9 heteroatoms. The van der Waals surface area contributed by atoms with Crippen LogP contribution in [0.25, 0.3) is 22.2 Å². The van der Waals surface area contributed by atoms with Gasteiger partial charge in [-0.3, -0.25) is 4.31 Å². The van der Waals surface area contributed by atoms with Gasteiger partial charge in [0.2, 0.25) is 5.82 Å². The summed E-state index contributed by atoms with van der Waals surface area (Å²) in [6.07, 6.45) is 0. The first-order valence-corrected chi connectivity index (χ1v) is 10.9. The molecule has 6 nitrogen and oxygen atoms in total. The lowest BCUT2D eigenvalue weighted by Gasteiger charge is -2.19. The maximum atomic E-state index is 13.2. The third-order valence-corrected chi connectivity index (χ3v) is 7.32. The first-order chi connectivity index (χ1) is 13.9. The van der Waals surface area contributed by atoms with Gasteiger partial charge in [0, 0.05) is 12.6 Å². The summed E-state index contributed by atoms with van der Waals surface area (Å²) in [5, 5.41) is 5.66. The highest BCUT2D eigenvalue weighted by Crippen LogP contribution is 2.35. The van der Waals surface area contributed by atoms with Crippen molar-refractivity contribution in [2.24, 2.45) is 0 Å². The monoisotopic (exact) mass is 429 g/mol. The van der Waals surface area contributed by atoms with Crippen LogP contribution in [-0.2, 0) is 10.0 Å². The molecule has 148 valence electrons. The van der Waals surface area contributed by atoms with Crippen molar-refractivity contribution in [3.05, 3.63) is 71.4 Å². The number of aromatic nitrogens is 2. The molecular formula is C20H16FN3O3S2. The van der Waals surface area contributed by atoms with Gasteiger partial charge in [-0.2, -0.15) is 4.98 Å². The fourth-order valence-electron chi connectivity index (χ4n) is 2.84. The standard InChI is InChI=1S/C20H16FN3O3S2/c1-13-5-3-4-6-16(13)19-22-20(27-23-19)18-17(11-12-28-18)29(25,26)24(2)15-9-7-14(21)8-10-15/h3-12H,1-2H3. The lowest BCUT2D eigenvalue weighted by molar-refractivity contribution is 0.432. The zero-order valence-electron chi connectivity index (χ0n) is 15.5. The fourth-order valence-corrected chi connectivity index (χ4v) is 5.35. The van der Waals surface area contributed by atoms with Crippen molar-refractivity contribution in [3.8, 4) is 22.2 Å². The van der Waals surface area contributed by atoms with E-state index in [-0.39, 0.29) is 10.8 Å². The molecule has 4 rings (SSSR count). The van der Waals surface area contributed by atoms with Crippen molar-refractivity contribution in [1.82, 2.24) is 10.1 Å². The summed E-state index contributed by atoms with van der Waals surface area (Å²) < 4.78 is 46.0. The molecule has 0 bridgehead atoms. The van der Waals surface area contributed by atoms with E-state index in [0.29, 0.717) is 16.4 Å². The SMILES string of the molecule is Cc1ccccc1-c1noc(-c2sccc2S(=O)(=O)N(C)c2ccc(F)cc2)n1. The minimum atomic E-state index is -3.91. The number of benzene rings is 2. The summed E-state index contributed by atoms with van der Waals surface area (Å²) in [7, 11) is -2.50. The Morgan fingerprint density at radius 2 is 1.79 bits per heavy atom. The zero-order chi connectivity index (χ0) is 20.6. The highest BCUT2D eigenvalue weighted by atomic mass is 32.2. The average molecular weight is 429 g/mol. The van der Waals surface area contributed by atoms with E-state index >= 15 is 0 Å². The summed E-state index contributed by atoms with van der Waals surface area (Å²) in [5.74, 6) is 0.0800. The Morgan fingerprint density at radius 3 is 2.52 bits per heavy atom. The lowest BCUT2D eigenvalue weighted by Crippen LogP contribution is -2.26. The van der Waals surface area contributed by atoms with Gasteiger partial charge in [-0.25, -0.2) is 12.8 Å². The number of aryl methyl sites for hydroxylation is 1. The Hall–Kier alpha value is -3.04. The summed E-state index contributed by atoms with van der Waals surface area (Å²) >= 11 is 1.20. The number of nitrogens with zero attached hydrogens (tertiary/aromatic N) is 3. The number of rotatable bonds is 5. The molecule has 0 spiro atoms. The van der Waals surface area contributed by atoms with Gasteiger partial charge in [0.1, 0.15) is 15.6 Å². The molecule has 0 unspecified atom stereocenters. The Labute approximate surface area is 171 Å². The quantitative estimate of drug-likeness (QED) is 0.458. The van der Waals surface area contributed by atoms with Crippen LogP contribution in [-0.4, -0.2) is 25.6 Å². The summed E-state index contributed by atoms with van der Waals surface area (Å²) in [6, 6.07) is 14.3. The molecule has 4 aromatic rings. The van der Waals surface area contributed by atoms with Crippen LogP contribution < -0.4 is 4.31 Å². The molecule has 0 amide bonds. The van der Waals surface area contributed by atoms with Crippen molar-refractivity contribution in [1.29, 1.82) is 0 Å². The van der Waals surface area contributed by atoms with Crippen LogP contribution in [0.4, 0.5) is 10.1 Å². The predicted molar refractivity (Wildman–Crippen MR) is 110 cm³/mol. The van der Waals surface area contributed by atoms with Gasteiger partial charge >= 0.3 is 0 Å². The van der Waals surface area contributed by atoms with Crippen LogP contribution in [0.3, 0.4) is 0 Å². The molecule has 29 heavy (non-hydrogen) atoms. The van der Waals surface area contributed by atoms with Gasteiger partial charge in [-0.1, -0.05) is 29.4 Å². The second-order valence-corrected chi connectivity index (χ2v) is 9.15. The molecule has 2 aromatic carbocycles. The average Bonchev–Trinajstić information content (AvgIpc) is 3.38. The lowest BCUT2D eigenvalue weighted by atomic mass is 10.1. The fraction of sp³-hybridized carbons (Fsp3) is 0.100. The van der Waals surface area contributed by atoms with Crippen molar-refractivity contribution >= 4 is 27.0 Å². The highest BCUT2D eigenvalue weighted by Gasteiger charge is 2.28. The third-order valence-electron chi connectivity index (χ3n) is 4.46. The molecular weight excluding hydrogens is 413 g/mol. The van der Waals surface area contributed by atoms with E-state index in [1.807, 2.05) is 31.2 Å². The van der Waals surface area contributed by atoms with Crippen molar-refractivity contribution < 1.29 is 17.3 Å². The van der Waals surface area contributed by atoms with E-state index in [1.54, 1.807) is 5.38 Å². The van der Waals surface area contributed by atoms with Crippen molar-refractivity contribution in [2.75, 3.05) is 11.4 Å². The number of sulfonamides is 1. The largest absolute Gasteiger partial charge is 0.333 e. The van der Waals surface area contributed by atoms with E-state index < -0.39 is 15.8 Å². The maximum Gasteiger partial charge on any atom is 0.269 e. The number of hydrogen-bond donors (Lipinski definition) is 0. The zero-order valence-corrected chi connectivity index (χ0v) is 17.2. The molecule has 0 atom stereocenters. The smallest absolute Gasteiger partial charge is 0.269 e.